The second kappa shape index (κ2) is 11.1. The summed E-state index contributed by atoms with van der Waals surface area (Å²) in [6.07, 6.45) is 10.7. The zero-order valence-electron chi connectivity index (χ0n) is 26.7. The Morgan fingerprint density at radius 3 is 2.06 bits per heavy atom. The molecule has 0 N–H and O–H groups in total. The third-order valence-electron chi connectivity index (χ3n) is 10.00. The molecule has 0 unspecified atom stereocenters. The van der Waals surface area contributed by atoms with E-state index < -0.39 is 0 Å². The van der Waals surface area contributed by atoms with Crippen molar-refractivity contribution in [3.8, 4) is 33.5 Å². The molecule has 10 rings (SSSR count). The molecular formula is C46H30N2O. The van der Waals surface area contributed by atoms with Crippen molar-refractivity contribution in [3.05, 3.63) is 163 Å². The van der Waals surface area contributed by atoms with Crippen LogP contribution in [0.4, 0.5) is 0 Å². The number of allylic oxidation sites excluding steroid dienone is 4. The summed E-state index contributed by atoms with van der Waals surface area (Å²) in [5.41, 5.74) is 12.7. The highest BCUT2D eigenvalue weighted by atomic mass is 16.3. The first-order valence-corrected chi connectivity index (χ1v) is 16.9. The maximum absolute atomic E-state index is 6.34. The van der Waals surface area contributed by atoms with Crippen molar-refractivity contribution in [2.75, 3.05) is 0 Å². The predicted octanol–water partition coefficient (Wildman–Crippen LogP) is 12.6. The summed E-state index contributed by atoms with van der Waals surface area (Å²) in [5, 5.41) is 6.90. The quantitative estimate of drug-likeness (QED) is 0.182. The lowest BCUT2D eigenvalue weighted by molar-refractivity contribution is 0.670. The number of hydrogen-bond acceptors (Lipinski definition) is 3. The monoisotopic (exact) mass is 626 g/mol. The summed E-state index contributed by atoms with van der Waals surface area (Å²) in [4.78, 5) is 10.5. The highest BCUT2D eigenvalue weighted by Gasteiger charge is 2.16. The average molecular weight is 627 g/mol. The first-order valence-electron chi connectivity index (χ1n) is 16.9. The van der Waals surface area contributed by atoms with E-state index in [1.807, 2.05) is 18.3 Å². The molecule has 0 radical (unpaired) electrons. The van der Waals surface area contributed by atoms with Gasteiger partial charge in [0, 0.05) is 32.7 Å². The smallest absolute Gasteiger partial charge is 0.143 e. The molecule has 0 spiro atoms. The van der Waals surface area contributed by atoms with Crippen LogP contribution in [-0.4, -0.2) is 9.97 Å². The lowest BCUT2D eigenvalue weighted by Crippen LogP contribution is -1.94. The van der Waals surface area contributed by atoms with Gasteiger partial charge in [0.1, 0.15) is 11.2 Å². The van der Waals surface area contributed by atoms with Crippen molar-refractivity contribution < 1.29 is 4.42 Å². The Balaban J connectivity index is 1.14. The van der Waals surface area contributed by atoms with Gasteiger partial charge in [0.15, 0.2) is 0 Å². The number of benzene rings is 7. The van der Waals surface area contributed by atoms with Crippen LogP contribution in [0.1, 0.15) is 18.4 Å². The van der Waals surface area contributed by atoms with Gasteiger partial charge in [0.2, 0.25) is 0 Å². The van der Waals surface area contributed by atoms with E-state index in [0.29, 0.717) is 0 Å². The van der Waals surface area contributed by atoms with E-state index in [1.165, 1.54) is 33.0 Å². The number of para-hydroxylation sites is 2. The molecule has 230 valence electrons. The Bertz CT molecular complexity index is 2810. The molecule has 2 heterocycles. The Morgan fingerprint density at radius 1 is 0.510 bits per heavy atom. The van der Waals surface area contributed by atoms with Crippen LogP contribution in [-0.2, 0) is 0 Å². The normalized spacial score (nSPS) is 13.2. The lowest BCUT2D eigenvalue weighted by atomic mass is 9.91. The van der Waals surface area contributed by atoms with Gasteiger partial charge in [-0.15, -0.1) is 0 Å². The Kier molecular flexibility index (Phi) is 6.31. The Morgan fingerprint density at radius 2 is 1.22 bits per heavy atom. The van der Waals surface area contributed by atoms with Crippen molar-refractivity contribution in [2.45, 2.75) is 12.8 Å². The van der Waals surface area contributed by atoms with Crippen LogP contribution in [0.3, 0.4) is 0 Å². The van der Waals surface area contributed by atoms with Gasteiger partial charge in [-0.25, -0.2) is 4.98 Å². The molecule has 7 aromatic carbocycles. The molecule has 0 saturated heterocycles. The third-order valence-corrected chi connectivity index (χ3v) is 10.00. The van der Waals surface area contributed by atoms with E-state index in [2.05, 4.69) is 140 Å². The van der Waals surface area contributed by atoms with Crippen LogP contribution in [0.2, 0.25) is 0 Å². The van der Waals surface area contributed by atoms with Crippen LogP contribution in [0.15, 0.2) is 162 Å². The van der Waals surface area contributed by atoms with Gasteiger partial charge in [0.25, 0.3) is 0 Å². The van der Waals surface area contributed by atoms with E-state index in [4.69, 9.17) is 14.4 Å². The van der Waals surface area contributed by atoms with Crippen molar-refractivity contribution >= 4 is 60.1 Å². The standard InChI is InChI=1S/C46H30N2O/c1-3-10-29(11-4-1)33-22-24-36-37-25-23-34(30-12-5-2-6-13-30)27-41(37)45-44(40(36)26-33)47-28-42(48-45)32-20-18-31(19-21-32)35-15-9-16-39-38-14-7-8-17-43(38)49-46(35)39/h1-5,7-12,14-28H,6,13H2. The van der Waals surface area contributed by atoms with Gasteiger partial charge >= 0.3 is 0 Å². The molecule has 0 aliphatic heterocycles. The molecule has 1 aliphatic rings. The second-order valence-corrected chi connectivity index (χ2v) is 12.9. The van der Waals surface area contributed by atoms with E-state index in [9.17, 15) is 0 Å². The summed E-state index contributed by atoms with van der Waals surface area (Å²) in [6.45, 7) is 0. The molecule has 3 nitrogen and oxygen atoms in total. The average Bonchev–Trinajstić information content (AvgIpc) is 3.57. The fourth-order valence-electron chi connectivity index (χ4n) is 7.51. The fourth-order valence-corrected chi connectivity index (χ4v) is 7.51. The summed E-state index contributed by atoms with van der Waals surface area (Å²) < 4.78 is 6.34. The molecule has 0 atom stereocenters. The number of furan rings is 1. The van der Waals surface area contributed by atoms with Crippen LogP contribution in [0.25, 0.3) is 93.6 Å². The summed E-state index contributed by atoms with van der Waals surface area (Å²) >= 11 is 0. The zero-order chi connectivity index (χ0) is 32.3. The Labute approximate surface area is 283 Å². The molecule has 0 fully saturated rings. The summed E-state index contributed by atoms with van der Waals surface area (Å²) in [6, 6.07) is 47.4. The first kappa shape index (κ1) is 27.8. The molecule has 1 aliphatic carbocycles. The topological polar surface area (TPSA) is 38.9 Å². The van der Waals surface area contributed by atoms with Gasteiger partial charge < -0.3 is 4.42 Å². The highest BCUT2D eigenvalue weighted by Crippen LogP contribution is 2.39. The first-order chi connectivity index (χ1) is 24.3. The molecular weight excluding hydrogens is 597 g/mol. The number of aromatic nitrogens is 2. The number of rotatable bonds is 4. The Hall–Kier alpha value is -6.32. The zero-order valence-corrected chi connectivity index (χ0v) is 26.7. The molecule has 0 saturated carbocycles. The van der Waals surface area contributed by atoms with Gasteiger partial charge in [-0.2, -0.15) is 0 Å². The summed E-state index contributed by atoms with van der Waals surface area (Å²) in [7, 11) is 0. The minimum atomic E-state index is 0.853. The maximum atomic E-state index is 6.34. The number of nitrogens with zero attached hydrogens (tertiary/aromatic N) is 2. The molecule has 0 bridgehead atoms. The molecule has 49 heavy (non-hydrogen) atoms. The van der Waals surface area contributed by atoms with Crippen molar-refractivity contribution in [1.82, 2.24) is 9.97 Å². The van der Waals surface area contributed by atoms with Gasteiger partial charge in [-0.05, 0) is 69.6 Å². The van der Waals surface area contributed by atoms with Gasteiger partial charge in [-0.1, -0.05) is 133 Å². The van der Waals surface area contributed by atoms with Gasteiger partial charge in [-0.3, -0.25) is 4.98 Å². The lowest BCUT2D eigenvalue weighted by Gasteiger charge is -2.15. The van der Waals surface area contributed by atoms with Crippen LogP contribution in [0.5, 0.6) is 0 Å². The fraction of sp³-hybridized carbons (Fsp3) is 0.0435. The van der Waals surface area contributed by atoms with Crippen molar-refractivity contribution in [3.63, 3.8) is 0 Å². The molecule has 3 heteroatoms. The van der Waals surface area contributed by atoms with Crippen LogP contribution >= 0.6 is 0 Å². The largest absolute Gasteiger partial charge is 0.455 e. The predicted molar refractivity (Wildman–Crippen MR) is 204 cm³/mol. The second-order valence-electron chi connectivity index (χ2n) is 12.9. The van der Waals surface area contributed by atoms with E-state index >= 15 is 0 Å². The minimum Gasteiger partial charge on any atom is -0.455 e. The van der Waals surface area contributed by atoms with Crippen LogP contribution < -0.4 is 0 Å². The maximum Gasteiger partial charge on any atom is 0.143 e. The molecule has 0 amide bonds. The molecule has 2 aromatic heterocycles. The van der Waals surface area contributed by atoms with E-state index in [1.54, 1.807) is 0 Å². The number of hydrogen-bond donors (Lipinski definition) is 0. The van der Waals surface area contributed by atoms with Gasteiger partial charge in [0.05, 0.1) is 22.9 Å². The van der Waals surface area contributed by atoms with E-state index in [-0.39, 0.29) is 0 Å². The highest BCUT2D eigenvalue weighted by molar-refractivity contribution is 6.24. The van der Waals surface area contributed by atoms with Crippen LogP contribution in [0, 0.1) is 0 Å². The summed E-state index contributed by atoms with van der Waals surface area (Å²) in [5.74, 6) is 0. The number of fused-ring (bicyclic) bond motifs is 9. The minimum absolute atomic E-state index is 0.853. The SMILES string of the molecule is C1=CCCC(c2ccc3c4ccc(-c5ccccc5)cc4c4ncc(-c5ccc(-c6cccc7c6oc6ccccc67)cc5)nc4c3c2)=C1. The van der Waals surface area contributed by atoms with Crippen molar-refractivity contribution in [2.24, 2.45) is 0 Å². The van der Waals surface area contributed by atoms with E-state index in [0.717, 1.165) is 79.0 Å². The third kappa shape index (κ3) is 4.58. The van der Waals surface area contributed by atoms with Crippen molar-refractivity contribution in [1.29, 1.82) is 0 Å². The molecule has 9 aromatic rings.